The van der Waals surface area contributed by atoms with Gasteiger partial charge >= 0.3 is 0 Å². The summed E-state index contributed by atoms with van der Waals surface area (Å²) in [5.74, 6) is 1.41. The molecule has 2 aliphatic heterocycles. The van der Waals surface area contributed by atoms with Crippen molar-refractivity contribution < 1.29 is 14.3 Å². The molecule has 4 rings (SSSR count). The number of amides is 1. The van der Waals surface area contributed by atoms with E-state index in [1.807, 2.05) is 23.1 Å². The number of hydrogen-bond acceptors (Lipinski definition) is 3. The highest BCUT2D eigenvalue weighted by atomic mass is 35.5. The number of carbonyl (C=O) groups excluding carboxylic acids is 1. The third kappa shape index (κ3) is 2.90. The van der Waals surface area contributed by atoms with Crippen molar-refractivity contribution in [3.05, 3.63) is 64.7 Å². The molecular formula is C20H20ClNO3. The molecular weight excluding hydrogens is 338 g/mol. The van der Waals surface area contributed by atoms with Crippen LogP contribution in [0.3, 0.4) is 0 Å². The summed E-state index contributed by atoms with van der Waals surface area (Å²) in [4.78, 5) is 15.1. The smallest absolute Gasteiger partial charge is 0.254 e. The monoisotopic (exact) mass is 357 g/mol. The first-order valence-electron chi connectivity index (χ1n) is 8.46. The number of benzene rings is 2. The Kier molecular flexibility index (Phi) is 4.40. The van der Waals surface area contributed by atoms with Crippen LogP contribution in [0.1, 0.15) is 22.0 Å². The molecule has 0 radical (unpaired) electrons. The minimum atomic E-state index is 0.0216. The number of methoxy groups -OCH3 is 1. The van der Waals surface area contributed by atoms with Crippen molar-refractivity contribution >= 4 is 17.5 Å². The number of carbonyl (C=O) groups is 1. The third-order valence-corrected chi connectivity index (χ3v) is 5.43. The fourth-order valence-corrected chi connectivity index (χ4v) is 4.14. The van der Waals surface area contributed by atoms with Gasteiger partial charge in [-0.05, 0) is 30.3 Å². The first-order valence-corrected chi connectivity index (χ1v) is 8.84. The van der Waals surface area contributed by atoms with Crippen LogP contribution < -0.4 is 4.74 Å². The molecule has 2 aromatic carbocycles. The zero-order valence-corrected chi connectivity index (χ0v) is 14.8. The molecule has 0 spiro atoms. The number of para-hydroxylation sites is 1. The molecule has 0 saturated carbocycles. The Morgan fingerprint density at radius 3 is 2.76 bits per heavy atom. The molecule has 4 nitrogen and oxygen atoms in total. The van der Waals surface area contributed by atoms with Crippen LogP contribution in [-0.2, 0) is 4.74 Å². The maximum absolute atomic E-state index is 13.2. The third-order valence-electron chi connectivity index (χ3n) is 5.18. The van der Waals surface area contributed by atoms with Crippen LogP contribution in [0.15, 0.2) is 48.5 Å². The predicted molar refractivity (Wildman–Crippen MR) is 96.0 cm³/mol. The SMILES string of the molecule is COC[C@@H]1CN(C(=O)c2ccc(Cl)cc2)[C@H]2c3ccccc3OC[C@@H]12. The Bertz CT molecular complexity index is 777. The molecule has 0 N–H and O–H groups in total. The summed E-state index contributed by atoms with van der Waals surface area (Å²) in [5, 5.41) is 0.629. The van der Waals surface area contributed by atoms with E-state index in [0.717, 1.165) is 11.3 Å². The molecule has 2 heterocycles. The summed E-state index contributed by atoms with van der Waals surface area (Å²) in [7, 11) is 1.70. The van der Waals surface area contributed by atoms with E-state index >= 15 is 0 Å². The summed E-state index contributed by atoms with van der Waals surface area (Å²) >= 11 is 5.96. The number of fused-ring (bicyclic) bond motifs is 3. The van der Waals surface area contributed by atoms with E-state index in [9.17, 15) is 4.79 Å². The first-order chi connectivity index (χ1) is 12.2. The van der Waals surface area contributed by atoms with Gasteiger partial charge in [-0.1, -0.05) is 29.8 Å². The number of rotatable bonds is 3. The lowest BCUT2D eigenvalue weighted by Gasteiger charge is -2.34. The van der Waals surface area contributed by atoms with E-state index in [-0.39, 0.29) is 23.8 Å². The molecule has 2 aliphatic rings. The average Bonchev–Trinajstić information content (AvgIpc) is 3.01. The van der Waals surface area contributed by atoms with Crippen molar-refractivity contribution in [3.8, 4) is 5.75 Å². The highest BCUT2D eigenvalue weighted by molar-refractivity contribution is 6.30. The lowest BCUT2D eigenvalue weighted by molar-refractivity contribution is 0.0672. The minimum Gasteiger partial charge on any atom is -0.493 e. The Balaban J connectivity index is 1.71. The summed E-state index contributed by atoms with van der Waals surface area (Å²) in [6.07, 6.45) is 0. The summed E-state index contributed by atoms with van der Waals surface area (Å²) in [6, 6.07) is 15.1. The molecule has 130 valence electrons. The van der Waals surface area contributed by atoms with Gasteiger partial charge < -0.3 is 14.4 Å². The molecule has 1 fully saturated rings. The molecule has 1 saturated heterocycles. The van der Waals surface area contributed by atoms with Crippen molar-refractivity contribution in [1.82, 2.24) is 4.90 Å². The van der Waals surface area contributed by atoms with Crippen molar-refractivity contribution in [2.75, 3.05) is 26.9 Å². The van der Waals surface area contributed by atoms with Gasteiger partial charge in [-0.2, -0.15) is 0 Å². The molecule has 25 heavy (non-hydrogen) atoms. The van der Waals surface area contributed by atoms with Gasteiger partial charge in [0.1, 0.15) is 5.75 Å². The summed E-state index contributed by atoms with van der Waals surface area (Å²) < 4.78 is 11.4. The Hall–Kier alpha value is -2.04. The van der Waals surface area contributed by atoms with Crippen LogP contribution in [-0.4, -0.2) is 37.7 Å². The lowest BCUT2D eigenvalue weighted by Crippen LogP contribution is -2.35. The molecule has 1 amide bonds. The van der Waals surface area contributed by atoms with E-state index in [2.05, 4.69) is 6.07 Å². The standard InChI is InChI=1S/C20H20ClNO3/c1-24-11-14-10-22(20(23)13-6-8-15(21)9-7-13)19-16-4-2-3-5-18(16)25-12-17(14)19/h2-9,14,17,19H,10-12H2,1H3/t14-,17-,19-/m0/s1. The largest absolute Gasteiger partial charge is 0.493 e. The normalized spacial score (nSPS) is 24.4. The summed E-state index contributed by atoms with van der Waals surface area (Å²) in [5.41, 5.74) is 1.74. The quantitative estimate of drug-likeness (QED) is 0.838. The van der Waals surface area contributed by atoms with Crippen molar-refractivity contribution in [2.45, 2.75) is 6.04 Å². The van der Waals surface area contributed by atoms with Crippen LogP contribution in [0.2, 0.25) is 5.02 Å². The van der Waals surface area contributed by atoms with Crippen molar-refractivity contribution in [1.29, 1.82) is 0 Å². The Morgan fingerprint density at radius 2 is 2.00 bits per heavy atom. The topological polar surface area (TPSA) is 38.8 Å². The average molecular weight is 358 g/mol. The maximum Gasteiger partial charge on any atom is 0.254 e. The van der Waals surface area contributed by atoms with Crippen LogP contribution in [0.4, 0.5) is 0 Å². The van der Waals surface area contributed by atoms with Crippen LogP contribution in [0, 0.1) is 11.8 Å². The predicted octanol–water partition coefficient (Wildman–Crippen LogP) is 3.81. The summed E-state index contributed by atoms with van der Waals surface area (Å²) in [6.45, 7) is 1.90. The Labute approximate surface area is 152 Å². The van der Waals surface area contributed by atoms with Crippen molar-refractivity contribution in [3.63, 3.8) is 0 Å². The van der Waals surface area contributed by atoms with E-state index in [1.165, 1.54) is 0 Å². The molecule has 0 aromatic heterocycles. The number of likely N-dealkylation sites (tertiary alicyclic amines) is 1. The van der Waals surface area contributed by atoms with Crippen LogP contribution in [0.25, 0.3) is 0 Å². The van der Waals surface area contributed by atoms with Gasteiger partial charge in [-0.15, -0.1) is 0 Å². The van der Waals surface area contributed by atoms with E-state index < -0.39 is 0 Å². The molecule has 0 bridgehead atoms. The maximum atomic E-state index is 13.2. The fraction of sp³-hybridized carbons (Fsp3) is 0.350. The number of ether oxygens (including phenoxy) is 2. The fourth-order valence-electron chi connectivity index (χ4n) is 4.02. The van der Waals surface area contributed by atoms with E-state index in [1.54, 1.807) is 31.4 Å². The zero-order valence-electron chi connectivity index (χ0n) is 14.0. The second-order valence-electron chi connectivity index (χ2n) is 6.64. The lowest BCUT2D eigenvalue weighted by atomic mass is 9.85. The highest BCUT2D eigenvalue weighted by Crippen LogP contribution is 2.47. The van der Waals surface area contributed by atoms with Gasteiger partial charge in [0, 0.05) is 41.6 Å². The van der Waals surface area contributed by atoms with Gasteiger partial charge in [0.2, 0.25) is 0 Å². The molecule has 2 aromatic rings. The van der Waals surface area contributed by atoms with E-state index in [4.69, 9.17) is 21.1 Å². The van der Waals surface area contributed by atoms with Gasteiger partial charge in [0.15, 0.2) is 0 Å². The van der Waals surface area contributed by atoms with E-state index in [0.29, 0.717) is 30.3 Å². The van der Waals surface area contributed by atoms with Crippen molar-refractivity contribution in [2.24, 2.45) is 11.8 Å². The van der Waals surface area contributed by atoms with Gasteiger partial charge in [-0.3, -0.25) is 4.79 Å². The van der Waals surface area contributed by atoms with Gasteiger partial charge in [0.25, 0.3) is 5.91 Å². The molecule has 5 heteroatoms. The van der Waals surface area contributed by atoms with Crippen LogP contribution >= 0.6 is 11.6 Å². The molecule has 0 unspecified atom stereocenters. The number of hydrogen-bond donors (Lipinski definition) is 0. The molecule has 3 atom stereocenters. The van der Waals surface area contributed by atoms with Crippen LogP contribution in [0.5, 0.6) is 5.75 Å². The number of halogens is 1. The van der Waals surface area contributed by atoms with Gasteiger partial charge in [0.05, 0.1) is 19.3 Å². The van der Waals surface area contributed by atoms with Gasteiger partial charge in [-0.25, -0.2) is 0 Å². The molecule has 0 aliphatic carbocycles. The second-order valence-corrected chi connectivity index (χ2v) is 7.07. The zero-order chi connectivity index (χ0) is 17.4. The Morgan fingerprint density at radius 1 is 1.24 bits per heavy atom. The first kappa shape index (κ1) is 16.4. The highest BCUT2D eigenvalue weighted by Gasteiger charge is 2.48. The number of nitrogens with zero attached hydrogens (tertiary/aromatic N) is 1. The minimum absolute atomic E-state index is 0.0216. The second kappa shape index (κ2) is 6.70.